The molecule has 4 aliphatic heterocycles. The Bertz CT molecular complexity index is 1480. The summed E-state index contributed by atoms with van der Waals surface area (Å²) in [5.41, 5.74) is -1.50. The summed E-state index contributed by atoms with van der Waals surface area (Å²) in [6.07, 6.45) is -1.89. The zero-order valence-corrected chi connectivity index (χ0v) is 38.9. The van der Waals surface area contributed by atoms with Gasteiger partial charge in [-0.25, -0.2) is 0 Å². The van der Waals surface area contributed by atoms with Gasteiger partial charge in [-0.3, -0.25) is 9.59 Å². The summed E-state index contributed by atoms with van der Waals surface area (Å²) >= 11 is 0. The topological polar surface area (TPSA) is 201 Å². The molecule has 0 radical (unpaired) electrons. The summed E-state index contributed by atoms with van der Waals surface area (Å²) < 4.78 is 56.6. The van der Waals surface area contributed by atoms with Gasteiger partial charge in [-0.15, -0.1) is 0 Å². The van der Waals surface area contributed by atoms with Crippen LogP contribution in [-0.4, -0.2) is 182 Å². The smallest absolute Gasteiger partial charge is 0.308 e. The molecule has 0 aromatic heterocycles. The van der Waals surface area contributed by atoms with E-state index < -0.39 is 116 Å². The number of nitrogens with zero attached hydrogens (tertiary/aromatic N) is 2. The van der Waals surface area contributed by atoms with Crippen LogP contribution in [0.4, 0.5) is 0 Å². The number of hydrogen-bond donors (Lipinski definition) is 3. The normalized spacial score (nSPS) is 44.0. The molecule has 4 rings (SSSR count). The lowest BCUT2D eigenvalue weighted by molar-refractivity contribution is -0.344. The van der Waals surface area contributed by atoms with Crippen molar-refractivity contribution in [2.75, 3.05) is 35.3 Å². The first-order valence-corrected chi connectivity index (χ1v) is 22.2. The highest BCUT2D eigenvalue weighted by Crippen LogP contribution is 2.38. The van der Waals surface area contributed by atoms with E-state index in [0.29, 0.717) is 19.3 Å². The van der Waals surface area contributed by atoms with Gasteiger partial charge in [-0.05, 0) is 93.9 Å². The molecule has 1 unspecified atom stereocenters. The van der Waals surface area contributed by atoms with Crippen LogP contribution in [0.1, 0.15) is 93.4 Å². The molecule has 0 spiro atoms. The van der Waals surface area contributed by atoms with Gasteiger partial charge >= 0.3 is 11.9 Å². The Hall–Kier alpha value is -2.39. The molecular formula is C45H76N2O15. The summed E-state index contributed by atoms with van der Waals surface area (Å²) in [6.45, 7) is 12.0. The van der Waals surface area contributed by atoms with Crippen LogP contribution in [0.15, 0.2) is 24.3 Å². The molecule has 0 aromatic carbocycles. The molecule has 62 heavy (non-hydrogen) atoms. The van der Waals surface area contributed by atoms with Gasteiger partial charge in [0.25, 0.3) is 0 Å². The standard InChI is InChI=1S/C45H76N2O15/c1-25-22-31(20-21-48)40(62-44-42(59-30(6)49)38(47(10)11)39(28(4)58-44)61-37-24-45(7,53)43(52)29(5)57-37)41(54-12)33(50)23-35(51)55-26(2)16-14-13-15-17-34(25)60-36-19-18-32(46(8)9)27(3)56-36/h13-15,17,21,25-29,31-34,36-44,50,52-53H,16,18-20,22-24H2,1-12H3/b14-13+,17-15+/t25-,26-,27-,28-,29+,31+,32+,33-,34+,36+,37+,38+,39-,40+,41?,42-,43+,44+,45-/m1/s1. The quantitative estimate of drug-likeness (QED) is 0.191. The Morgan fingerprint density at radius 1 is 0.887 bits per heavy atom. The van der Waals surface area contributed by atoms with Crippen molar-refractivity contribution in [3.8, 4) is 0 Å². The third-order valence-electron chi connectivity index (χ3n) is 12.7. The zero-order valence-electron chi connectivity index (χ0n) is 38.9. The van der Waals surface area contributed by atoms with Gasteiger partial charge in [-0.1, -0.05) is 31.2 Å². The number of methoxy groups -OCH3 is 1. The number of esters is 2. The van der Waals surface area contributed by atoms with Gasteiger partial charge in [-0.2, -0.15) is 0 Å². The summed E-state index contributed by atoms with van der Waals surface area (Å²) in [5.74, 6) is -2.18. The monoisotopic (exact) mass is 885 g/mol. The van der Waals surface area contributed by atoms with Crippen LogP contribution in [0.3, 0.4) is 0 Å². The average Bonchev–Trinajstić information content (AvgIpc) is 3.16. The van der Waals surface area contributed by atoms with Gasteiger partial charge in [0.05, 0.1) is 54.7 Å². The van der Waals surface area contributed by atoms with E-state index in [9.17, 15) is 29.7 Å². The number of aliphatic hydroxyl groups is 3. The lowest BCUT2D eigenvalue weighted by Gasteiger charge is -2.50. The van der Waals surface area contributed by atoms with Crippen molar-refractivity contribution in [2.45, 2.75) is 197 Å². The van der Waals surface area contributed by atoms with Gasteiger partial charge in [0.15, 0.2) is 25.0 Å². The van der Waals surface area contributed by atoms with Crippen molar-refractivity contribution < 1.29 is 72.3 Å². The molecule has 4 heterocycles. The van der Waals surface area contributed by atoms with E-state index in [0.717, 1.165) is 12.7 Å². The number of carbonyl (C=O) groups excluding carboxylic acids is 3. The van der Waals surface area contributed by atoms with Gasteiger partial charge in [0.2, 0.25) is 0 Å². The number of aliphatic hydroxyl groups excluding tert-OH is 2. The van der Waals surface area contributed by atoms with E-state index in [1.807, 2.05) is 57.1 Å². The number of aldehydes is 1. The number of carbonyl (C=O) groups is 3. The van der Waals surface area contributed by atoms with Crippen LogP contribution in [0.5, 0.6) is 0 Å². The van der Waals surface area contributed by atoms with Crippen molar-refractivity contribution in [2.24, 2.45) is 11.8 Å². The van der Waals surface area contributed by atoms with E-state index >= 15 is 0 Å². The minimum absolute atomic E-state index is 0.0345. The van der Waals surface area contributed by atoms with E-state index in [1.54, 1.807) is 34.9 Å². The molecule has 17 nitrogen and oxygen atoms in total. The summed E-state index contributed by atoms with van der Waals surface area (Å²) in [5, 5.41) is 33.3. The lowest BCUT2D eigenvalue weighted by atomic mass is 9.82. The second kappa shape index (κ2) is 23.7. The minimum atomic E-state index is -1.50. The predicted octanol–water partition coefficient (Wildman–Crippen LogP) is 2.90. The van der Waals surface area contributed by atoms with Crippen LogP contribution < -0.4 is 0 Å². The second-order valence-corrected chi connectivity index (χ2v) is 18.4. The SMILES string of the molecule is COC1[C@H](O)CC(=O)O[C@H](C)C/C=C/C=C/[C@H](O[C@H]2CC[C@H](N(C)C)[C@@H](C)O2)[C@H](C)C[C@H](CC=O)[C@@H]1O[C@@H]1O[C@H](C)[C@@H](O[C@H]2C[C@@](C)(O)[C@@H](O)[C@H](C)O2)[C@H](N(C)C)[C@H]1OC(C)=O. The molecule has 0 amide bonds. The van der Waals surface area contributed by atoms with Gasteiger partial charge < -0.3 is 72.5 Å². The van der Waals surface area contributed by atoms with E-state index in [2.05, 4.69) is 4.90 Å². The molecule has 0 bridgehead atoms. The Labute approximate surface area is 368 Å². The fraction of sp³-hybridized carbons (Fsp3) is 0.844. The maximum absolute atomic E-state index is 13.2. The molecule has 3 N–H and O–H groups in total. The first kappa shape index (κ1) is 52.2. The first-order chi connectivity index (χ1) is 29.2. The third-order valence-corrected chi connectivity index (χ3v) is 12.7. The van der Waals surface area contributed by atoms with Crippen molar-refractivity contribution in [1.82, 2.24) is 9.80 Å². The van der Waals surface area contributed by atoms with Gasteiger partial charge in [0.1, 0.15) is 30.7 Å². The molecule has 0 saturated carbocycles. The average molecular weight is 885 g/mol. The Balaban J connectivity index is 1.73. The third kappa shape index (κ3) is 14.1. The highest BCUT2D eigenvalue weighted by molar-refractivity contribution is 5.70. The molecular weight excluding hydrogens is 808 g/mol. The van der Waals surface area contributed by atoms with Crippen LogP contribution in [0, 0.1) is 11.8 Å². The number of allylic oxidation sites excluding steroid dienone is 2. The fourth-order valence-corrected chi connectivity index (χ4v) is 9.39. The zero-order chi connectivity index (χ0) is 46.1. The van der Waals surface area contributed by atoms with Crippen LogP contribution in [0.2, 0.25) is 0 Å². The maximum atomic E-state index is 13.2. The molecule has 3 saturated heterocycles. The Morgan fingerprint density at radius 3 is 2.18 bits per heavy atom. The van der Waals surface area contributed by atoms with Crippen LogP contribution in [0.25, 0.3) is 0 Å². The highest BCUT2D eigenvalue weighted by Gasteiger charge is 2.53. The van der Waals surface area contributed by atoms with Crippen molar-refractivity contribution in [1.29, 1.82) is 0 Å². The van der Waals surface area contributed by atoms with Crippen molar-refractivity contribution in [3.05, 3.63) is 24.3 Å². The summed E-state index contributed by atoms with van der Waals surface area (Å²) in [7, 11) is 9.03. The van der Waals surface area contributed by atoms with E-state index in [-0.39, 0.29) is 30.9 Å². The van der Waals surface area contributed by atoms with Crippen LogP contribution >= 0.6 is 0 Å². The fourth-order valence-electron chi connectivity index (χ4n) is 9.39. The second-order valence-electron chi connectivity index (χ2n) is 18.4. The van der Waals surface area contributed by atoms with E-state index in [4.69, 9.17) is 42.6 Å². The van der Waals surface area contributed by atoms with Crippen molar-refractivity contribution in [3.63, 3.8) is 0 Å². The first-order valence-electron chi connectivity index (χ1n) is 22.2. The number of hydrogen-bond acceptors (Lipinski definition) is 17. The van der Waals surface area contributed by atoms with Crippen molar-refractivity contribution >= 4 is 18.2 Å². The molecule has 0 aliphatic carbocycles. The highest BCUT2D eigenvalue weighted by atomic mass is 16.7. The summed E-state index contributed by atoms with van der Waals surface area (Å²) in [6, 6.07) is -0.475. The Kier molecular flexibility index (Phi) is 20.0. The molecule has 4 aliphatic rings. The molecule has 356 valence electrons. The molecule has 0 aromatic rings. The minimum Gasteiger partial charge on any atom is -0.462 e. The van der Waals surface area contributed by atoms with Gasteiger partial charge in [0, 0.05) is 39.3 Å². The molecule has 17 heteroatoms. The number of ether oxygens (including phenoxy) is 9. The van der Waals surface area contributed by atoms with Crippen LogP contribution in [-0.2, 0) is 57.0 Å². The van der Waals surface area contributed by atoms with E-state index in [1.165, 1.54) is 21.0 Å². The lowest BCUT2D eigenvalue weighted by Crippen LogP contribution is -2.66. The largest absolute Gasteiger partial charge is 0.462 e. The number of rotatable bonds is 12. The number of cyclic esters (lactones) is 1. The molecule has 19 atom stereocenters. The molecule has 3 fully saturated rings. The maximum Gasteiger partial charge on any atom is 0.308 e. The summed E-state index contributed by atoms with van der Waals surface area (Å²) in [4.78, 5) is 42.6. The number of likely N-dealkylation sites (N-methyl/N-ethyl adjacent to an activating group) is 2. The predicted molar refractivity (Wildman–Crippen MR) is 226 cm³/mol. The Morgan fingerprint density at radius 2 is 1.58 bits per heavy atom.